The van der Waals surface area contributed by atoms with Crippen LogP contribution in [-0.2, 0) is 9.59 Å². The maximum absolute atomic E-state index is 11.1. The second-order valence-electron chi connectivity index (χ2n) is 2.65. The highest BCUT2D eigenvalue weighted by Gasteiger charge is 2.33. The minimum absolute atomic E-state index is 0.293. The van der Waals surface area contributed by atoms with E-state index in [1.165, 1.54) is 0 Å². The third-order valence-electron chi connectivity index (χ3n) is 1.44. The number of carbonyl (C=O) groups is 2. The highest BCUT2D eigenvalue weighted by molar-refractivity contribution is 6.76. The van der Waals surface area contributed by atoms with Gasteiger partial charge in [0.25, 0.3) is 9.70 Å². The van der Waals surface area contributed by atoms with Crippen LogP contribution >= 0.6 is 34.8 Å². The van der Waals surface area contributed by atoms with Gasteiger partial charge in [-0.1, -0.05) is 48.1 Å². The molecule has 0 aromatic rings. The third-order valence-corrected chi connectivity index (χ3v) is 1.95. The molecule has 0 aliphatic rings. The van der Waals surface area contributed by atoms with Crippen molar-refractivity contribution in [2.75, 3.05) is 0 Å². The molecule has 0 spiro atoms. The molecule has 0 aromatic heterocycles. The molecule has 4 nitrogen and oxygen atoms in total. The van der Waals surface area contributed by atoms with Crippen LogP contribution in [0.2, 0.25) is 0 Å². The van der Waals surface area contributed by atoms with Gasteiger partial charge >= 0.3 is 5.97 Å². The Morgan fingerprint density at radius 3 is 2.21 bits per heavy atom. The van der Waals surface area contributed by atoms with Crippen LogP contribution in [-0.4, -0.2) is 26.8 Å². The molecule has 1 amide bonds. The summed E-state index contributed by atoms with van der Waals surface area (Å²) in [4.78, 5) is 21.7. The summed E-state index contributed by atoms with van der Waals surface area (Å²) in [6.07, 6.45) is 0.902. The minimum Gasteiger partial charge on any atom is -0.480 e. The summed E-state index contributed by atoms with van der Waals surface area (Å²) in [5.41, 5.74) is 0. The van der Waals surface area contributed by atoms with Crippen molar-refractivity contribution in [2.45, 2.75) is 29.6 Å². The number of amides is 1. The summed E-state index contributed by atoms with van der Waals surface area (Å²) in [6, 6.07) is -1.01. The number of aliphatic carboxylic acids is 1. The molecular formula is C7H10Cl3NO3. The average Bonchev–Trinajstić information content (AvgIpc) is 2.01. The molecule has 0 heterocycles. The fourth-order valence-electron chi connectivity index (χ4n) is 0.786. The van der Waals surface area contributed by atoms with Gasteiger partial charge in [0.1, 0.15) is 6.04 Å². The van der Waals surface area contributed by atoms with Crippen molar-refractivity contribution in [3.05, 3.63) is 0 Å². The van der Waals surface area contributed by atoms with Gasteiger partial charge < -0.3 is 10.4 Å². The molecule has 14 heavy (non-hydrogen) atoms. The van der Waals surface area contributed by atoms with Crippen molar-refractivity contribution in [3.63, 3.8) is 0 Å². The maximum Gasteiger partial charge on any atom is 0.326 e. The van der Waals surface area contributed by atoms with Crippen LogP contribution in [0, 0.1) is 0 Å². The lowest BCUT2D eigenvalue weighted by Crippen LogP contribution is -2.45. The van der Waals surface area contributed by atoms with Crippen molar-refractivity contribution in [1.29, 1.82) is 0 Å². The second kappa shape index (κ2) is 5.63. The first-order valence-electron chi connectivity index (χ1n) is 3.89. The zero-order valence-electron chi connectivity index (χ0n) is 7.39. The summed E-state index contributed by atoms with van der Waals surface area (Å²) in [5.74, 6) is -2.07. The number of hydrogen-bond acceptors (Lipinski definition) is 2. The van der Waals surface area contributed by atoms with E-state index < -0.39 is 21.7 Å². The van der Waals surface area contributed by atoms with E-state index in [9.17, 15) is 9.59 Å². The molecule has 1 unspecified atom stereocenters. The molecule has 0 aliphatic heterocycles. The number of halogens is 3. The van der Waals surface area contributed by atoms with Gasteiger partial charge in [-0.05, 0) is 6.42 Å². The van der Waals surface area contributed by atoms with Crippen LogP contribution in [0.15, 0.2) is 0 Å². The van der Waals surface area contributed by atoms with Crippen molar-refractivity contribution >= 4 is 46.7 Å². The molecule has 0 aromatic carbocycles. The average molecular weight is 263 g/mol. The van der Waals surface area contributed by atoms with Crippen LogP contribution in [0.1, 0.15) is 19.8 Å². The Hall–Kier alpha value is -0.190. The highest BCUT2D eigenvalue weighted by Crippen LogP contribution is 2.26. The quantitative estimate of drug-likeness (QED) is 0.758. The standard InChI is InChI=1S/C7H10Cl3NO3/c1-2-3-4(5(12)13)11-6(14)7(8,9)10/h4H,2-3H2,1H3,(H,11,14)(H,12,13). The molecular weight excluding hydrogens is 252 g/mol. The van der Waals surface area contributed by atoms with Crippen LogP contribution < -0.4 is 5.32 Å². The van der Waals surface area contributed by atoms with Gasteiger partial charge in [0.15, 0.2) is 0 Å². The van der Waals surface area contributed by atoms with Crippen LogP contribution in [0.4, 0.5) is 0 Å². The van der Waals surface area contributed by atoms with Crippen LogP contribution in [0.25, 0.3) is 0 Å². The Morgan fingerprint density at radius 2 is 1.93 bits per heavy atom. The molecule has 1 atom stereocenters. The number of alkyl halides is 3. The predicted octanol–water partition coefficient (Wildman–Crippen LogP) is 1.73. The van der Waals surface area contributed by atoms with Crippen LogP contribution in [0.3, 0.4) is 0 Å². The molecule has 0 fully saturated rings. The van der Waals surface area contributed by atoms with E-state index in [-0.39, 0.29) is 0 Å². The van der Waals surface area contributed by atoms with E-state index in [2.05, 4.69) is 5.32 Å². The highest BCUT2D eigenvalue weighted by atomic mass is 35.6. The summed E-state index contributed by atoms with van der Waals surface area (Å²) in [7, 11) is 0. The van der Waals surface area contributed by atoms with Gasteiger partial charge in [-0.15, -0.1) is 0 Å². The number of carboxylic acids is 1. The molecule has 0 rings (SSSR count). The lowest BCUT2D eigenvalue weighted by Gasteiger charge is -2.16. The van der Waals surface area contributed by atoms with Gasteiger partial charge in [0.2, 0.25) is 0 Å². The summed E-state index contributed by atoms with van der Waals surface area (Å²) in [6.45, 7) is 1.79. The van der Waals surface area contributed by atoms with Gasteiger partial charge in [0, 0.05) is 0 Å². The van der Waals surface area contributed by atoms with Gasteiger partial charge in [-0.2, -0.15) is 0 Å². The van der Waals surface area contributed by atoms with E-state index in [1.54, 1.807) is 6.92 Å². The van der Waals surface area contributed by atoms with E-state index in [4.69, 9.17) is 39.9 Å². The van der Waals surface area contributed by atoms with Crippen molar-refractivity contribution in [1.82, 2.24) is 5.32 Å². The van der Waals surface area contributed by atoms with Gasteiger partial charge in [0.05, 0.1) is 0 Å². The Balaban J connectivity index is 4.31. The van der Waals surface area contributed by atoms with Gasteiger partial charge in [-0.3, -0.25) is 4.79 Å². The lowest BCUT2D eigenvalue weighted by atomic mass is 10.2. The summed E-state index contributed by atoms with van der Waals surface area (Å²) in [5, 5.41) is 10.8. The van der Waals surface area contributed by atoms with E-state index in [0.717, 1.165) is 0 Å². The van der Waals surface area contributed by atoms with Crippen molar-refractivity contribution < 1.29 is 14.7 Å². The summed E-state index contributed by atoms with van der Waals surface area (Å²) >= 11 is 15.8. The Bertz CT molecular complexity index is 227. The maximum atomic E-state index is 11.1. The molecule has 0 radical (unpaired) electrons. The molecule has 82 valence electrons. The zero-order chi connectivity index (χ0) is 11.4. The Morgan fingerprint density at radius 1 is 1.43 bits per heavy atom. The second-order valence-corrected chi connectivity index (χ2v) is 4.93. The van der Waals surface area contributed by atoms with Crippen LogP contribution in [0.5, 0.6) is 0 Å². The number of carbonyl (C=O) groups excluding carboxylic acids is 1. The first-order chi connectivity index (χ1) is 6.29. The largest absolute Gasteiger partial charge is 0.480 e. The Labute approximate surface area is 96.5 Å². The minimum atomic E-state index is -2.12. The summed E-state index contributed by atoms with van der Waals surface area (Å²) < 4.78 is -2.12. The number of rotatable bonds is 4. The molecule has 2 N–H and O–H groups in total. The molecule has 0 saturated carbocycles. The monoisotopic (exact) mass is 261 g/mol. The number of carboxylic acid groups (broad SMARTS) is 1. The predicted molar refractivity (Wildman–Crippen MR) is 54.8 cm³/mol. The van der Waals surface area contributed by atoms with Crippen molar-refractivity contribution in [3.8, 4) is 0 Å². The molecule has 0 saturated heterocycles. The topological polar surface area (TPSA) is 66.4 Å². The lowest BCUT2D eigenvalue weighted by molar-refractivity contribution is -0.141. The van der Waals surface area contributed by atoms with Crippen molar-refractivity contribution in [2.24, 2.45) is 0 Å². The zero-order valence-corrected chi connectivity index (χ0v) is 9.66. The fraction of sp³-hybridized carbons (Fsp3) is 0.714. The number of nitrogens with one attached hydrogen (secondary N) is 1. The normalized spacial score (nSPS) is 13.4. The SMILES string of the molecule is CCCC(NC(=O)C(Cl)(Cl)Cl)C(=O)O. The first-order valence-corrected chi connectivity index (χ1v) is 5.03. The third kappa shape index (κ3) is 4.88. The van der Waals surface area contributed by atoms with E-state index >= 15 is 0 Å². The van der Waals surface area contributed by atoms with E-state index in [1.807, 2.05) is 0 Å². The smallest absolute Gasteiger partial charge is 0.326 e. The van der Waals surface area contributed by atoms with Gasteiger partial charge in [-0.25, -0.2) is 4.79 Å². The molecule has 0 bridgehead atoms. The Kier molecular flexibility index (Phi) is 5.56. The fourth-order valence-corrected chi connectivity index (χ4v) is 0.950. The number of hydrogen-bond donors (Lipinski definition) is 2. The van der Waals surface area contributed by atoms with E-state index in [0.29, 0.717) is 12.8 Å². The first kappa shape index (κ1) is 13.8. The molecule has 0 aliphatic carbocycles. The molecule has 7 heteroatoms.